The lowest BCUT2D eigenvalue weighted by Crippen LogP contribution is -2.34. The third kappa shape index (κ3) is 1.26. The normalized spacial score (nSPS) is 37.7. The molecule has 4 atom stereocenters. The number of carbonyl (C=O) groups excluding carboxylic acids is 2. The average Bonchev–Trinajstić information content (AvgIpc) is 3.07. The van der Waals surface area contributed by atoms with Gasteiger partial charge in [-0.2, -0.15) is 0 Å². The molecule has 1 saturated heterocycles. The van der Waals surface area contributed by atoms with Gasteiger partial charge in [0.15, 0.2) is 0 Å². The summed E-state index contributed by atoms with van der Waals surface area (Å²) in [6.07, 6.45) is 6.76. The minimum absolute atomic E-state index is 0.0000231. The van der Waals surface area contributed by atoms with Crippen molar-refractivity contribution < 1.29 is 9.59 Å². The molecule has 4 heteroatoms. The highest BCUT2D eigenvalue weighted by Crippen LogP contribution is 2.73. The zero-order valence-electron chi connectivity index (χ0n) is 11.3. The Balaban J connectivity index is 1.61. The van der Waals surface area contributed by atoms with Crippen LogP contribution in [0.15, 0.2) is 40.9 Å². The number of benzene rings is 1. The second kappa shape index (κ2) is 3.67. The molecule has 3 fully saturated rings. The number of hydrogen-bond donors (Lipinski definition) is 0. The zero-order valence-corrected chi connectivity index (χ0v) is 12.9. The highest BCUT2D eigenvalue weighted by molar-refractivity contribution is 9.10. The first-order valence-corrected chi connectivity index (χ1v) is 8.25. The summed E-state index contributed by atoms with van der Waals surface area (Å²) in [5.41, 5.74) is 0.951. The molecule has 4 aliphatic rings. The Bertz CT molecular complexity index is 687. The summed E-state index contributed by atoms with van der Waals surface area (Å²) >= 11 is 3.46. The minimum Gasteiger partial charge on any atom is -0.274 e. The molecule has 21 heavy (non-hydrogen) atoms. The van der Waals surface area contributed by atoms with Crippen LogP contribution in [0.25, 0.3) is 0 Å². The summed E-state index contributed by atoms with van der Waals surface area (Å²) in [5.74, 6) is 0.331. The molecule has 5 rings (SSSR count). The van der Waals surface area contributed by atoms with Gasteiger partial charge in [-0.3, -0.25) is 9.59 Å². The predicted octanol–water partition coefficient (Wildman–Crippen LogP) is 3.15. The monoisotopic (exact) mass is 343 g/mol. The van der Waals surface area contributed by atoms with E-state index in [4.69, 9.17) is 0 Å². The second-order valence-corrected chi connectivity index (χ2v) is 7.54. The number of allylic oxidation sites excluding steroid dienone is 2. The number of amides is 2. The Morgan fingerprint density at radius 2 is 1.57 bits per heavy atom. The van der Waals surface area contributed by atoms with Gasteiger partial charge in [-0.1, -0.05) is 24.3 Å². The number of rotatable bonds is 1. The summed E-state index contributed by atoms with van der Waals surface area (Å²) in [6, 6.07) is 7.47. The molecule has 4 unspecified atom stereocenters. The van der Waals surface area contributed by atoms with Gasteiger partial charge in [0.1, 0.15) is 0 Å². The van der Waals surface area contributed by atoms with E-state index in [2.05, 4.69) is 28.1 Å². The van der Waals surface area contributed by atoms with Crippen LogP contribution in [0, 0.1) is 29.1 Å². The summed E-state index contributed by atoms with van der Waals surface area (Å²) in [4.78, 5) is 27.2. The van der Waals surface area contributed by atoms with Crippen LogP contribution < -0.4 is 4.90 Å². The van der Waals surface area contributed by atoms with Crippen molar-refractivity contribution in [3.05, 3.63) is 40.9 Å². The van der Waals surface area contributed by atoms with Crippen molar-refractivity contribution in [1.82, 2.24) is 0 Å². The zero-order chi connectivity index (χ0) is 14.4. The molecule has 1 heterocycles. The van der Waals surface area contributed by atoms with Gasteiger partial charge in [0.25, 0.3) is 0 Å². The van der Waals surface area contributed by atoms with Gasteiger partial charge >= 0.3 is 0 Å². The van der Waals surface area contributed by atoms with Crippen LogP contribution in [0.4, 0.5) is 5.69 Å². The van der Waals surface area contributed by atoms with Crippen molar-refractivity contribution in [1.29, 1.82) is 0 Å². The van der Waals surface area contributed by atoms with E-state index in [1.165, 1.54) is 17.7 Å². The van der Waals surface area contributed by atoms with Crippen molar-refractivity contribution in [3.8, 4) is 0 Å². The first-order chi connectivity index (χ1) is 10.1. The van der Waals surface area contributed by atoms with Crippen molar-refractivity contribution in [3.63, 3.8) is 0 Å². The standard InChI is InChI=1S/C17H14BrNO2/c18-11-3-1-2-4-12(11)19-15(20)13-9-5-6-10(14(13)16(19)21)17(9)7-8-17/h1-6,9-10,13-14H,7-8H2. The average molecular weight is 344 g/mol. The van der Waals surface area contributed by atoms with E-state index < -0.39 is 0 Å². The number of carbonyl (C=O) groups is 2. The minimum atomic E-state index is -0.123. The molecule has 2 amide bonds. The topological polar surface area (TPSA) is 37.4 Å². The summed E-state index contributed by atoms with van der Waals surface area (Å²) in [5, 5.41) is 0. The SMILES string of the molecule is O=C1C2C(C(=O)N1c1ccccc1Br)C1C=CC2C12CC2. The third-order valence-electron chi connectivity index (χ3n) is 5.95. The van der Waals surface area contributed by atoms with Gasteiger partial charge in [-0.05, 0) is 58.2 Å². The molecule has 3 aliphatic carbocycles. The Morgan fingerprint density at radius 3 is 2.10 bits per heavy atom. The Hall–Kier alpha value is -1.42. The molecule has 1 aromatic carbocycles. The van der Waals surface area contributed by atoms with E-state index >= 15 is 0 Å². The Labute approximate surface area is 131 Å². The highest BCUT2D eigenvalue weighted by Gasteiger charge is 2.73. The molecule has 1 aromatic rings. The lowest BCUT2D eigenvalue weighted by molar-refractivity contribution is -0.123. The van der Waals surface area contributed by atoms with Crippen molar-refractivity contribution >= 4 is 33.4 Å². The summed E-state index contributed by atoms with van der Waals surface area (Å²) in [7, 11) is 0. The molecule has 1 aliphatic heterocycles. The van der Waals surface area contributed by atoms with Gasteiger partial charge in [0.2, 0.25) is 11.8 Å². The number of anilines is 1. The quantitative estimate of drug-likeness (QED) is 0.580. The molecule has 0 radical (unpaired) electrons. The smallest absolute Gasteiger partial charge is 0.238 e. The first-order valence-electron chi connectivity index (χ1n) is 7.46. The van der Waals surface area contributed by atoms with E-state index in [-0.39, 0.29) is 40.9 Å². The maximum Gasteiger partial charge on any atom is 0.238 e. The second-order valence-electron chi connectivity index (χ2n) is 6.68. The molecule has 0 N–H and O–H groups in total. The lowest BCUT2D eigenvalue weighted by Gasteiger charge is -2.22. The van der Waals surface area contributed by atoms with Gasteiger partial charge < -0.3 is 0 Å². The van der Waals surface area contributed by atoms with Crippen LogP contribution in [-0.4, -0.2) is 11.8 Å². The van der Waals surface area contributed by atoms with Crippen LogP contribution in [0.1, 0.15) is 12.8 Å². The van der Waals surface area contributed by atoms with Gasteiger partial charge in [0, 0.05) is 4.47 Å². The Kier molecular flexibility index (Phi) is 2.12. The summed E-state index contributed by atoms with van der Waals surface area (Å²) in [6.45, 7) is 0. The molecule has 1 spiro atoms. The fraction of sp³-hybridized carbons (Fsp3) is 0.412. The van der Waals surface area contributed by atoms with Gasteiger partial charge in [-0.15, -0.1) is 0 Å². The van der Waals surface area contributed by atoms with Crippen LogP contribution in [0.3, 0.4) is 0 Å². The number of halogens is 1. The van der Waals surface area contributed by atoms with E-state index in [1.54, 1.807) is 0 Å². The fourth-order valence-electron chi connectivity index (χ4n) is 4.95. The third-order valence-corrected chi connectivity index (χ3v) is 6.62. The number of hydrogen-bond acceptors (Lipinski definition) is 2. The molecule has 2 saturated carbocycles. The number of imide groups is 1. The maximum atomic E-state index is 12.9. The maximum absolute atomic E-state index is 12.9. The number of para-hydroxylation sites is 1. The molecular formula is C17H14BrNO2. The van der Waals surface area contributed by atoms with Crippen molar-refractivity contribution in [2.45, 2.75) is 12.8 Å². The Morgan fingerprint density at radius 1 is 1.00 bits per heavy atom. The first kappa shape index (κ1) is 12.2. The largest absolute Gasteiger partial charge is 0.274 e. The summed E-state index contributed by atoms with van der Waals surface area (Å²) < 4.78 is 0.799. The van der Waals surface area contributed by atoms with E-state index in [0.29, 0.717) is 5.69 Å². The van der Waals surface area contributed by atoms with Gasteiger partial charge in [-0.25, -0.2) is 4.90 Å². The number of fused-ring (bicyclic) bond motifs is 3. The van der Waals surface area contributed by atoms with Crippen LogP contribution >= 0.6 is 15.9 Å². The van der Waals surface area contributed by atoms with Crippen LogP contribution in [0.5, 0.6) is 0 Å². The van der Waals surface area contributed by atoms with Crippen molar-refractivity contribution in [2.24, 2.45) is 29.1 Å². The predicted molar refractivity (Wildman–Crippen MR) is 81.4 cm³/mol. The van der Waals surface area contributed by atoms with E-state index in [9.17, 15) is 9.59 Å². The van der Waals surface area contributed by atoms with Crippen molar-refractivity contribution in [2.75, 3.05) is 4.90 Å². The lowest BCUT2D eigenvalue weighted by atomic mass is 9.85. The van der Waals surface area contributed by atoms with Gasteiger partial charge in [0.05, 0.1) is 17.5 Å². The fourth-order valence-corrected chi connectivity index (χ4v) is 5.41. The van der Waals surface area contributed by atoms with Crippen LogP contribution in [0.2, 0.25) is 0 Å². The molecular weight excluding hydrogens is 330 g/mol. The molecule has 3 nitrogen and oxygen atoms in total. The molecule has 2 bridgehead atoms. The van der Waals surface area contributed by atoms with Crippen LogP contribution in [-0.2, 0) is 9.59 Å². The molecule has 0 aromatic heterocycles. The highest BCUT2D eigenvalue weighted by atomic mass is 79.9. The van der Waals surface area contributed by atoms with E-state index in [0.717, 1.165) is 4.47 Å². The molecule has 106 valence electrons. The van der Waals surface area contributed by atoms with E-state index in [1.807, 2.05) is 24.3 Å². The number of nitrogens with zero attached hydrogens (tertiary/aromatic N) is 1.